The number of rotatable bonds is 7. The minimum absolute atomic E-state index is 0.151. The number of aliphatic hydroxyl groups excluding tert-OH is 1. The summed E-state index contributed by atoms with van der Waals surface area (Å²) >= 11 is 0. The van der Waals surface area contributed by atoms with E-state index in [4.69, 9.17) is 4.99 Å². The molecule has 8 nitrogen and oxygen atoms in total. The smallest absolute Gasteiger partial charge is 0.206 e. The van der Waals surface area contributed by atoms with Crippen molar-refractivity contribution in [2.75, 3.05) is 6.54 Å². The van der Waals surface area contributed by atoms with Gasteiger partial charge in [-0.2, -0.15) is 4.99 Å². The second kappa shape index (κ2) is 8.52. The lowest BCUT2D eigenvalue weighted by atomic mass is 10.2. The van der Waals surface area contributed by atoms with Crippen LogP contribution in [0.4, 0.5) is 0 Å². The van der Waals surface area contributed by atoms with Crippen molar-refractivity contribution in [1.29, 1.82) is 0 Å². The van der Waals surface area contributed by atoms with Crippen LogP contribution in [-0.4, -0.2) is 51.5 Å². The SMILES string of the molecule is CC(O)CNC1=NC(NCc2ccccc2)=C2C(=NNN2C(C)C)N1C(C)C. The molecule has 0 radical (unpaired) electrons. The molecule has 3 rings (SSSR count). The second-order valence-electron chi connectivity index (χ2n) is 7.66. The second-order valence-corrected chi connectivity index (χ2v) is 7.66. The number of hydrogen-bond donors (Lipinski definition) is 4. The van der Waals surface area contributed by atoms with Gasteiger partial charge in [0.1, 0.15) is 5.70 Å². The van der Waals surface area contributed by atoms with Crippen molar-refractivity contribution in [3.8, 4) is 0 Å². The van der Waals surface area contributed by atoms with E-state index in [1.807, 2.05) is 23.2 Å². The molecule has 0 saturated heterocycles. The van der Waals surface area contributed by atoms with Crippen LogP contribution in [0.1, 0.15) is 40.2 Å². The number of fused-ring (bicyclic) bond motifs is 1. The Morgan fingerprint density at radius 3 is 2.36 bits per heavy atom. The molecule has 0 bridgehead atoms. The zero-order valence-corrected chi connectivity index (χ0v) is 17.3. The first-order chi connectivity index (χ1) is 13.4. The van der Waals surface area contributed by atoms with Crippen molar-refractivity contribution >= 4 is 11.8 Å². The first-order valence-electron chi connectivity index (χ1n) is 9.83. The Morgan fingerprint density at radius 2 is 1.75 bits per heavy atom. The van der Waals surface area contributed by atoms with Crippen molar-refractivity contribution in [1.82, 2.24) is 26.1 Å². The van der Waals surface area contributed by atoms with Crippen LogP contribution >= 0.6 is 0 Å². The van der Waals surface area contributed by atoms with E-state index in [0.717, 1.165) is 17.4 Å². The summed E-state index contributed by atoms with van der Waals surface area (Å²) < 4.78 is 0. The molecule has 2 heterocycles. The fraction of sp³-hybridized carbons (Fsp3) is 0.500. The Labute approximate surface area is 167 Å². The average Bonchev–Trinajstić information content (AvgIpc) is 3.10. The van der Waals surface area contributed by atoms with Crippen LogP contribution in [0.3, 0.4) is 0 Å². The first-order valence-corrected chi connectivity index (χ1v) is 9.83. The number of hydrogen-bond acceptors (Lipinski definition) is 8. The molecule has 0 aromatic heterocycles. The van der Waals surface area contributed by atoms with Gasteiger partial charge in [0.05, 0.1) is 6.10 Å². The van der Waals surface area contributed by atoms with Gasteiger partial charge < -0.3 is 15.7 Å². The topological polar surface area (TPSA) is 87.5 Å². The molecule has 0 amide bonds. The van der Waals surface area contributed by atoms with Gasteiger partial charge in [-0.15, -0.1) is 5.10 Å². The maximum Gasteiger partial charge on any atom is 0.206 e. The zero-order valence-electron chi connectivity index (χ0n) is 17.3. The van der Waals surface area contributed by atoms with E-state index in [9.17, 15) is 5.11 Å². The maximum absolute atomic E-state index is 9.71. The Balaban J connectivity index is 1.96. The third kappa shape index (κ3) is 4.22. The Morgan fingerprint density at radius 1 is 1.04 bits per heavy atom. The highest BCUT2D eigenvalue weighted by Crippen LogP contribution is 2.26. The molecular weight excluding hydrogens is 354 g/mol. The van der Waals surface area contributed by atoms with Crippen LogP contribution in [0.25, 0.3) is 0 Å². The van der Waals surface area contributed by atoms with Gasteiger partial charge in [0.2, 0.25) is 5.96 Å². The lowest BCUT2D eigenvalue weighted by molar-refractivity contribution is 0.196. The van der Waals surface area contributed by atoms with Gasteiger partial charge in [-0.3, -0.25) is 9.91 Å². The minimum atomic E-state index is -0.473. The van der Waals surface area contributed by atoms with Crippen molar-refractivity contribution in [2.24, 2.45) is 10.1 Å². The molecule has 1 aromatic carbocycles. The summed E-state index contributed by atoms with van der Waals surface area (Å²) in [6, 6.07) is 10.6. The summed E-state index contributed by atoms with van der Waals surface area (Å²) in [5, 5.41) is 23.1. The van der Waals surface area contributed by atoms with Crippen molar-refractivity contribution < 1.29 is 5.11 Å². The van der Waals surface area contributed by atoms with Crippen LogP contribution in [0.15, 0.2) is 51.9 Å². The molecule has 2 aliphatic rings. The highest BCUT2D eigenvalue weighted by Gasteiger charge is 2.38. The number of hydrazone groups is 1. The van der Waals surface area contributed by atoms with Gasteiger partial charge in [-0.1, -0.05) is 30.3 Å². The largest absolute Gasteiger partial charge is 0.392 e. The zero-order chi connectivity index (χ0) is 20.3. The molecule has 4 N–H and O–H groups in total. The summed E-state index contributed by atoms with van der Waals surface area (Å²) in [5.74, 6) is 2.26. The number of nitrogens with one attached hydrogen (secondary N) is 3. The summed E-state index contributed by atoms with van der Waals surface area (Å²) in [7, 11) is 0. The predicted molar refractivity (Wildman–Crippen MR) is 112 cm³/mol. The Bertz CT molecular complexity index is 768. The fourth-order valence-corrected chi connectivity index (χ4v) is 3.14. The van der Waals surface area contributed by atoms with E-state index in [-0.39, 0.29) is 12.1 Å². The van der Waals surface area contributed by atoms with Gasteiger partial charge >= 0.3 is 0 Å². The van der Waals surface area contributed by atoms with Crippen molar-refractivity contribution in [3.63, 3.8) is 0 Å². The van der Waals surface area contributed by atoms with Gasteiger partial charge in [-0.05, 0) is 40.2 Å². The standard InChI is InChI=1S/C20H31N7O/c1-13(2)26-19-17(27(14(3)4)25-24-19)18(23-20(26)22-11-15(5)28)21-12-16-9-7-6-8-10-16/h6-10,13-15,21,25,28H,11-12H2,1-5H3,(H,22,23). The van der Waals surface area contributed by atoms with E-state index in [0.29, 0.717) is 19.0 Å². The van der Waals surface area contributed by atoms with Crippen LogP contribution in [0, 0.1) is 0 Å². The lowest BCUT2D eigenvalue weighted by Crippen LogP contribution is -2.54. The fourth-order valence-electron chi connectivity index (χ4n) is 3.14. The Kier molecular flexibility index (Phi) is 6.08. The quantitative estimate of drug-likeness (QED) is 0.570. The summed E-state index contributed by atoms with van der Waals surface area (Å²) in [4.78, 5) is 6.93. The van der Waals surface area contributed by atoms with Gasteiger partial charge in [0, 0.05) is 25.2 Å². The molecular formula is C20H31N7O. The summed E-state index contributed by atoms with van der Waals surface area (Å²) in [5.41, 5.74) is 5.24. The number of guanidine groups is 1. The summed E-state index contributed by atoms with van der Waals surface area (Å²) in [6.45, 7) is 11.2. The Hall–Kier alpha value is -2.74. The molecule has 0 aliphatic carbocycles. The molecule has 152 valence electrons. The molecule has 1 unspecified atom stereocenters. The van der Waals surface area contributed by atoms with Crippen molar-refractivity contribution in [3.05, 3.63) is 47.4 Å². The number of aliphatic imine (C=N–C) groups is 1. The molecule has 1 aromatic rings. The molecule has 28 heavy (non-hydrogen) atoms. The van der Waals surface area contributed by atoms with E-state index in [2.05, 4.69) is 66.0 Å². The number of amidine groups is 1. The first kappa shape index (κ1) is 20.0. The number of aliphatic hydroxyl groups is 1. The average molecular weight is 386 g/mol. The summed E-state index contributed by atoms with van der Waals surface area (Å²) in [6.07, 6.45) is -0.473. The molecule has 0 spiro atoms. The number of benzene rings is 1. The van der Waals surface area contributed by atoms with Gasteiger partial charge in [0.25, 0.3) is 0 Å². The molecule has 0 saturated carbocycles. The molecule has 2 aliphatic heterocycles. The lowest BCUT2D eigenvalue weighted by Gasteiger charge is -2.36. The van der Waals surface area contributed by atoms with Crippen LogP contribution in [0.2, 0.25) is 0 Å². The monoisotopic (exact) mass is 385 g/mol. The van der Waals surface area contributed by atoms with E-state index < -0.39 is 6.10 Å². The van der Waals surface area contributed by atoms with Gasteiger partial charge in [-0.25, -0.2) is 5.53 Å². The maximum atomic E-state index is 9.71. The number of hydrazine groups is 1. The third-order valence-electron chi connectivity index (χ3n) is 4.51. The van der Waals surface area contributed by atoms with E-state index >= 15 is 0 Å². The third-order valence-corrected chi connectivity index (χ3v) is 4.51. The highest BCUT2D eigenvalue weighted by atomic mass is 16.3. The minimum Gasteiger partial charge on any atom is -0.392 e. The van der Waals surface area contributed by atoms with Crippen LogP contribution < -0.4 is 16.2 Å². The van der Waals surface area contributed by atoms with E-state index in [1.54, 1.807) is 6.92 Å². The van der Waals surface area contributed by atoms with Crippen molar-refractivity contribution in [2.45, 2.75) is 59.4 Å². The van der Waals surface area contributed by atoms with E-state index in [1.165, 1.54) is 5.56 Å². The molecule has 8 heteroatoms. The van der Waals surface area contributed by atoms with Crippen LogP contribution in [-0.2, 0) is 6.54 Å². The number of nitrogens with zero attached hydrogens (tertiary/aromatic N) is 4. The van der Waals surface area contributed by atoms with Crippen LogP contribution in [0.5, 0.6) is 0 Å². The molecule has 1 atom stereocenters. The normalized spacial score (nSPS) is 17.4. The highest BCUT2D eigenvalue weighted by molar-refractivity contribution is 6.11. The molecule has 0 fully saturated rings. The predicted octanol–water partition coefficient (Wildman–Crippen LogP) is 1.54. The van der Waals surface area contributed by atoms with Gasteiger partial charge in [0.15, 0.2) is 11.7 Å².